The van der Waals surface area contributed by atoms with E-state index in [1.54, 1.807) is 6.92 Å². The average molecular weight is 403 g/mol. The fourth-order valence-corrected chi connectivity index (χ4v) is 3.14. The smallest absolute Gasteiger partial charge is 0.237 e. The van der Waals surface area contributed by atoms with E-state index in [1.807, 2.05) is 55.5 Å². The molecule has 0 bridgehead atoms. The van der Waals surface area contributed by atoms with E-state index >= 15 is 0 Å². The number of ketones is 1. The topological polar surface area (TPSA) is 72.2 Å². The molecule has 0 aliphatic heterocycles. The first-order valence-electron chi connectivity index (χ1n) is 9.54. The van der Waals surface area contributed by atoms with E-state index in [-0.39, 0.29) is 36.1 Å². The zero-order valence-electron chi connectivity index (χ0n) is 17.1. The number of aryl methyl sites for hydroxylation is 1. The van der Waals surface area contributed by atoms with E-state index < -0.39 is 6.04 Å². The largest absolute Gasteiger partial charge is 0.348 e. The van der Waals surface area contributed by atoms with Crippen LogP contribution >= 0.6 is 12.4 Å². The van der Waals surface area contributed by atoms with Gasteiger partial charge in [0.1, 0.15) is 0 Å². The average Bonchev–Trinajstić information content (AvgIpc) is 2.64. The minimum atomic E-state index is -0.587. The number of Topliss-reactive ketones (excluding diaryl/α,β-unsaturated/α-hetero) is 1. The zero-order chi connectivity index (χ0) is 20.0. The molecule has 0 radical (unpaired) electrons. The van der Waals surface area contributed by atoms with Crippen LogP contribution in [0.15, 0.2) is 48.5 Å². The molecule has 0 aliphatic rings. The number of hydrogen-bond donors (Lipinski definition) is 2. The number of halogens is 1. The molecule has 2 aromatic carbocycles. The minimum absolute atomic E-state index is 0. The van der Waals surface area contributed by atoms with Gasteiger partial charge in [0.2, 0.25) is 5.91 Å². The molecule has 5 heteroatoms. The number of carbonyl (C=O) groups is 2. The molecular weight excluding hydrogens is 372 g/mol. The molecule has 2 atom stereocenters. The van der Waals surface area contributed by atoms with Crippen molar-refractivity contribution in [3.63, 3.8) is 0 Å². The summed E-state index contributed by atoms with van der Waals surface area (Å²) in [5.41, 5.74) is 9.61. The van der Waals surface area contributed by atoms with Gasteiger partial charge in [0.15, 0.2) is 5.78 Å². The maximum atomic E-state index is 12.9. The Hall–Kier alpha value is -2.17. The summed E-state index contributed by atoms with van der Waals surface area (Å²) in [5, 5.41) is 2.97. The summed E-state index contributed by atoms with van der Waals surface area (Å²) in [6.07, 6.45) is 0.898. The van der Waals surface area contributed by atoms with Crippen LogP contribution in [-0.2, 0) is 4.79 Å². The van der Waals surface area contributed by atoms with Crippen molar-refractivity contribution < 1.29 is 9.59 Å². The van der Waals surface area contributed by atoms with Crippen LogP contribution in [0, 0.1) is 6.92 Å². The van der Waals surface area contributed by atoms with Gasteiger partial charge in [-0.2, -0.15) is 0 Å². The summed E-state index contributed by atoms with van der Waals surface area (Å²) in [7, 11) is 0. The van der Waals surface area contributed by atoms with E-state index in [9.17, 15) is 9.59 Å². The van der Waals surface area contributed by atoms with Gasteiger partial charge in [0.05, 0.1) is 12.1 Å². The summed E-state index contributed by atoms with van der Waals surface area (Å²) in [5.74, 6) is 0.181. The van der Waals surface area contributed by atoms with Crippen LogP contribution in [0.4, 0.5) is 0 Å². The molecule has 2 aromatic rings. The van der Waals surface area contributed by atoms with Gasteiger partial charge in [-0.25, -0.2) is 0 Å². The molecule has 28 heavy (non-hydrogen) atoms. The third-order valence-electron chi connectivity index (χ3n) is 4.72. The maximum Gasteiger partial charge on any atom is 0.237 e. The number of hydrogen-bond acceptors (Lipinski definition) is 3. The first-order chi connectivity index (χ1) is 12.8. The van der Waals surface area contributed by atoms with Crippen LogP contribution in [0.3, 0.4) is 0 Å². The Morgan fingerprint density at radius 3 is 2.25 bits per heavy atom. The molecule has 0 spiro atoms. The number of carbonyl (C=O) groups excluding carboxylic acids is 2. The van der Waals surface area contributed by atoms with Gasteiger partial charge in [-0.05, 0) is 43.4 Å². The van der Waals surface area contributed by atoms with Gasteiger partial charge in [0, 0.05) is 12.0 Å². The summed E-state index contributed by atoms with van der Waals surface area (Å²) < 4.78 is 0. The summed E-state index contributed by atoms with van der Waals surface area (Å²) >= 11 is 0. The highest BCUT2D eigenvalue weighted by atomic mass is 35.5. The van der Waals surface area contributed by atoms with Crippen LogP contribution in [0.2, 0.25) is 0 Å². The molecule has 2 rings (SSSR count). The predicted octanol–water partition coefficient (Wildman–Crippen LogP) is 4.71. The predicted molar refractivity (Wildman–Crippen MR) is 117 cm³/mol. The van der Waals surface area contributed by atoms with Crippen molar-refractivity contribution in [3.05, 3.63) is 70.8 Å². The molecule has 0 unspecified atom stereocenters. The summed E-state index contributed by atoms with van der Waals surface area (Å²) in [6, 6.07) is 14.9. The lowest BCUT2D eigenvalue weighted by Gasteiger charge is -2.21. The lowest BCUT2D eigenvalue weighted by atomic mass is 9.90. The van der Waals surface area contributed by atoms with Gasteiger partial charge < -0.3 is 11.1 Å². The Balaban J connectivity index is 0.00000392. The van der Waals surface area contributed by atoms with E-state index in [0.717, 1.165) is 22.3 Å². The summed E-state index contributed by atoms with van der Waals surface area (Å²) in [4.78, 5) is 25.0. The monoisotopic (exact) mass is 402 g/mol. The van der Waals surface area contributed by atoms with E-state index in [1.165, 1.54) is 0 Å². The number of nitrogens with two attached hydrogens (primary N) is 1. The highest BCUT2D eigenvalue weighted by Crippen LogP contribution is 2.25. The zero-order valence-corrected chi connectivity index (χ0v) is 17.9. The standard InChI is InChI=1S/C23H30N2O2.ClH/c1-15(2)19-11-10-16(3)14-20(19)22(26)13-12-21(25-23(27)17(4)24)18-8-6-5-7-9-18;/h5-11,14-15,17,21H,12-13,24H2,1-4H3,(H,25,27);1H/t17-,21+;/m0./s1. The molecule has 0 aromatic heterocycles. The molecule has 0 saturated carbocycles. The molecule has 1 amide bonds. The van der Waals surface area contributed by atoms with Crippen LogP contribution < -0.4 is 11.1 Å². The SMILES string of the molecule is Cc1ccc(C(C)C)c(C(=O)CC[C@@H](NC(=O)[C@H](C)N)c2ccccc2)c1.Cl. The second kappa shape index (κ2) is 11.0. The van der Waals surface area contributed by atoms with Crippen molar-refractivity contribution >= 4 is 24.1 Å². The van der Waals surface area contributed by atoms with Gasteiger partial charge in [-0.3, -0.25) is 9.59 Å². The molecule has 4 nitrogen and oxygen atoms in total. The van der Waals surface area contributed by atoms with Gasteiger partial charge in [-0.15, -0.1) is 12.4 Å². The molecule has 0 fully saturated rings. The first-order valence-corrected chi connectivity index (χ1v) is 9.54. The fraction of sp³-hybridized carbons (Fsp3) is 0.391. The summed E-state index contributed by atoms with van der Waals surface area (Å²) in [6.45, 7) is 7.84. The van der Waals surface area contributed by atoms with Crippen molar-refractivity contribution in [2.75, 3.05) is 0 Å². The number of amides is 1. The third kappa shape index (κ3) is 6.47. The Morgan fingerprint density at radius 1 is 1.04 bits per heavy atom. The van der Waals surface area contributed by atoms with Crippen molar-refractivity contribution in [1.82, 2.24) is 5.32 Å². The molecule has 0 aliphatic carbocycles. The van der Waals surface area contributed by atoms with Crippen molar-refractivity contribution in [3.8, 4) is 0 Å². The minimum Gasteiger partial charge on any atom is -0.348 e. The molecule has 0 saturated heterocycles. The fourth-order valence-electron chi connectivity index (χ4n) is 3.14. The molecular formula is C23H31ClN2O2. The number of benzene rings is 2. The Morgan fingerprint density at radius 2 is 1.68 bits per heavy atom. The van der Waals surface area contributed by atoms with E-state index in [4.69, 9.17) is 5.73 Å². The number of nitrogens with one attached hydrogen (secondary N) is 1. The first kappa shape index (κ1) is 23.9. The highest BCUT2D eigenvalue weighted by Gasteiger charge is 2.20. The van der Waals surface area contributed by atoms with Crippen molar-refractivity contribution in [2.45, 2.75) is 58.5 Å². The quantitative estimate of drug-likeness (QED) is 0.628. The van der Waals surface area contributed by atoms with Crippen LogP contribution in [0.5, 0.6) is 0 Å². The Bertz CT molecular complexity index is 788. The lowest BCUT2D eigenvalue weighted by molar-refractivity contribution is -0.122. The van der Waals surface area contributed by atoms with Gasteiger partial charge in [0.25, 0.3) is 0 Å². The second-order valence-electron chi connectivity index (χ2n) is 7.47. The van der Waals surface area contributed by atoms with Gasteiger partial charge in [-0.1, -0.05) is 61.9 Å². The lowest BCUT2D eigenvalue weighted by Crippen LogP contribution is -2.40. The molecule has 0 heterocycles. The molecule has 3 N–H and O–H groups in total. The van der Waals surface area contributed by atoms with E-state index in [0.29, 0.717) is 12.8 Å². The Kier molecular flexibility index (Phi) is 9.36. The van der Waals surface area contributed by atoms with Crippen molar-refractivity contribution in [1.29, 1.82) is 0 Å². The third-order valence-corrected chi connectivity index (χ3v) is 4.72. The molecule has 152 valence electrons. The van der Waals surface area contributed by atoms with Crippen LogP contribution in [-0.4, -0.2) is 17.7 Å². The van der Waals surface area contributed by atoms with E-state index in [2.05, 4.69) is 19.2 Å². The maximum absolute atomic E-state index is 12.9. The van der Waals surface area contributed by atoms with Crippen molar-refractivity contribution in [2.24, 2.45) is 5.73 Å². The number of rotatable bonds is 8. The second-order valence-corrected chi connectivity index (χ2v) is 7.47. The Labute approximate surface area is 174 Å². The van der Waals surface area contributed by atoms with Gasteiger partial charge >= 0.3 is 0 Å². The van der Waals surface area contributed by atoms with Crippen LogP contribution in [0.1, 0.15) is 72.6 Å². The highest BCUT2D eigenvalue weighted by molar-refractivity contribution is 5.98. The normalized spacial score (nSPS) is 12.8. The van der Waals surface area contributed by atoms with Crippen LogP contribution in [0.25, 0.3) is 0 Å².